The highest BCUT2D eigenvalue weighted by atomic mass is 19.1. The van der Waals surface area contributed by atoms with Gasteiger partial charge >= 0.3 is 0 Å². The third-order valence-corrected chi connectivity index (χ3v) is 5.52. The molecule has 3 aromatic carbocycles. The topological polar surface area (TPSA) is 17.1 Å². The van der Waals surface area contributed by atoms with E-state index in [0.29, 0.717) is 22.8 Å². The Balaban J connectivity index is 1.50. The molecule has 1 fully saturated rings. The van der Waals surface area contributed by atoms with Crippen LogP contribution in [0.25, 0.3) is 10.8 Å². The maximum Gasteiger partial charge on any atom is 0.141 e. The number of carbonyl (C=O) groups excluding carboxylic acids is 1. The molecule has 26 heavy (non-hydrogen) atoms. The van der Waals surface area contributed by atoms with Crippen LogP contribution in [0.4, 0.5) is 4.39 Å². The Morgan fingerprint density at radius 2 is 1.88 bits per heavy atom. The lowest BCUT2D eigenvalue weighted by molar-refractivity contribution is -0.119. The molecular formula is C24H23FO. The fourth-order valence-corrected chi connectivity index (χ4v) is 3.80. The molecule has 0 radical (unpaired) electrons. The average molecular weight is 346 g/mol. The van der Waals surface area contributed by atoms with Gasteiger partial charge in [-0.15, -0.1) is 0 Å². The van der Waals surface area contributed by atoms with E-state index in [1.807, 2.05) is 24.3 Å². The van der Waals surface area contributed by atoms with Crippen molar-refractivity contribution in [3.05, 3.63) is 83.2 Å². The zero-order valence-corrected chi connectivity index (χ0v) is 15.2. The van der Waals surface area contributed by atoms with Crippen LogP contribution in [0.5, 0.6) is 0 Å². The van der Waals surface area contributed by atoms with Gasteiger partial charge in [-0.2, -0.15) is 0 Å². The van der Waals surface area contributed by atoms with E-state index in [2.05, 4.69) is 38.1 Å². The Morgan fingerprint density at radius 3 is 2.69 bits per heavy atom. The van der Waals surface area contributed by atoms with Crippen LogP contribution in [0, 0.1) is 11.7 Å². The van der Waals surface area contributed by atoms with E-state index in [9.17, 15) is 9.18 Å². The third kappa shape index (κ3) is 3.16. The van der Waals surface area contributed by atoms with Crippen LogP contribution >= 0.6 is 0 Å². The van der Waals surface area contributed by atoms with Crippen LogP contribution in [-0.2, 0) is 11.2 Å². The maximum atomic E-state index is 14.7. The van der Waals surface area contributed by atoms with Gasteiger partial charge in [0.25, 0.3) is 0 Å². The van der Waals surface area contributed by atoms with Gasteiger partial charge in [0, 0.05) is 17.7 Å². The number of carbonyl (C=O) groups is 1. The maximum absolute atomic E-state index is 14.7. The standard InChI is InChI=1S/C24H23FO/c1-15(2)17-7-5-8-18(12-17)21-14-22(21)23(26)13-19-11-10-16-6-3-4-9-20(16)24(19)25/h3-12,15,21-22H,13-14H2,1-2H3/t21-,22+/m0/s1. The summed E-state index contributed by atoms with van der Waals surface area (Å²) in [4.78, 5) is 12.7. The Kier molecular flexibility index (Phi) is 4.36. The second-order valence-corrected chi connectivity index (χ2v) is 7.68. The van der Waals surface area contributed by atoms with Crippen LogP contribution in [0.1, 0.15) is 48.8 Å². The van der Waals surface area contributed by atoms with E-state index in [1.54, 1.807) is 12.1 Å². The summed E-state index contributed by atoms with van der Waals surface area (Å²) >= 11 is 0. The molecule has 2 heteroatoms. The molecule has 0 unspecified atom stereocenters. The minimum atomic E-state index is -0.254. The van der Waals surface area contributed by atoms with E-state index in [-0.39, 0.29) is 23.9 Å². The molecule has 0 N–H and O–H groups in total. The second-order valence-electron chi connectivity index (χ2n) is 7.68. The summed E-state index contributed by atoms with van der Waals surface area (Å²) in [5, 5.41) is 1.46. The van der Waals surface area contributed by atoms with Crippen molar-refractivity contribution in [1.29, 1.82) is 0 Å². The summed E-state index contributed by atoms with van der Waals surface area (Å²) in [5.41, 5.74) is 3.06. The molecule has 3 aromatic rings. The number of rotatable bonds is 5. The van der Waals surface area contributed by atoms with Gasteiger partial charge in [0.15, 0.2) is 0 Å². The molecule has 0 heterocycles. The molecule has 0 saturated heterocycles. The van der Waals surface area contributed by atoms with E-state index in [4.69, 9.17) is 0 Å². The highest BCUT2D eigenvalue weighted by Gasteiger charge is 2.43. The average Bonchev–Trinajstić information content (AvgIpc) is 3.45. The molecule has 2 atom stereocenters. The molecule has 1 saturated carbocycles. The number of hydrogen-bond acceptors (Lipinski definition) is 1. The van der Waals surface area contributed by atoms with E-state index in [0.717, 1.165) is 11.8 Å². The van der Waals surface area contributed by atoms with Crippen LogP contribution in [0.15, 0.2) is 60.7 Å². The number of ketones is 1. The van der Waals surface area contributed by atoms with Crippen LogP contribution in [-0.4, -0.2) is 5.78 Å². The number of Topliss-reactive ketones (excluding diaryl/α,β-unsaturated/α-hetero) is 1. The molecule has 0 bridgehead atoms. The molecule has 0 aromatic heterocycles. The second kappa shape index (κ2) is 6.68. The van der Waals surface area contributed by atoms with Crippen LogP contribution in [0.2, 0.25) is 0 Å². The number of fused-ring (bicyclic) bond motifs is 1. The first kappa shape index (κ1) is 17.0. The molecule has 1 nitrogen and oxygen atoms in total. The summed E-state index contributed by atoms with van der Waals surface area (Å²) in [6.45, 7) is 4.36. The minimum absolute atomic E-state index is 0.0308. The summed E-state index contributed by atoms with van der Waals surface area (Å²) < 4.78 is 14.7. The Hall–Kier alpha value is -2.48. The van der Waals surface area contributed by atoms with Crippen molar-refractivity contribution in [2.24, 2.45) is 5.92 Å². The van der Waals surface area contributed by atoms with Crippen LogP contribution < -0.4 is 0 Å². The van der Waals surface area contributed by atoms with Crippen molar-refractivity contribution in [1.82, 2.24) is 0 Å². The van der Waals surface area contributed by atoms with E-state index >= 15 is 0 Å². The molecule has 0 spiro atoms. The molecule has 1 aliphatic rings. The molecule has 132 valence electrons. The summed E-state index contributed by atoms with van der Waals surface area (Å²) in [5.74, 6) is 0.706. The molecule has 0 aliphatic heterocycles. The van der Waals surface area contributed by atoms with Gasteiger partial charge in [-0.05, 0) is 40.3 Å². The first-order valence-corrected chi connectivity index (χ1v) is 9.33. The minimum Gasteiger partial charge on any atom is -0.299 e. The summed E-state index contributed by atoms with van der Waals surface area (Å²) in [6.07, 6.45) is 1.07. The predicted molar refractivity (Wildman–Crippen MR) is 104 cm³/mol. The Morgan fingerprint density at radius 1 is 1.08 bits per heavy atom. The van der Waals surface area contributed by atoms with Crippen molar-refractivity contribution >= 4 is 16.6 Å². The fraction of sp³-hybridized carbons (Fsp3) is 0.292. The molecular weight excluding hydrogens is 323 g/mol. The molecule has 0 amide bonds. The monoisotopic (exact) mass is 346 g/mol. The van der Waals surface area contributed by atoms with Gasteiger partial charge in [0.2, 0.25) is 0 Å². The number of benzene rings is 3. The number of halogens is 1. The first-order chi connectivity index (χ1) is 12.5. The van der Waals surface area contributed by atoms with E-state index in [1.165, 1.54) is 11.1 Å². The Bertz CT molecular complexity index is 973. The predicted octanol–water partition coefficient (Wildman–Crippen LogP) is 6.02. The first-order valence-electron chi connectivity index (χ1n) is 9.33. The van der Waals surface area contributed by atoms with Gasteiger partial charge in [0.1, 0.15) is 11.6 Å². The molecule has 1 aliphatic carbocycles. The summed E-state index contributed by atoms with van der Waals surface area (Å²) in [6, 6.07) is 19.6. The highest BCUT2D eigenvalue weighted by molar-refractivity contribution is 5.89. The lowest BCUT2D eigenvalue weighted by atomic mass is 9.96. The fourth-order valence-electron chi connectivity index (χ4n) is 3.80. The van der Waals surface area contributed by atoms with Crippen molar-refractivity contribution in [2.45, 2.75) is 38.5 Å². The van der Waals surface area contributed by atoms with Crippen LogP contribution in [0.3, 0.4) is 0 Å². The zero-order valence-electron chi connectivity index (χ0n) is 15.2. The third-order valence-electron chi connectivity index (χ3n) is 5.52. The number of hydrogen-bond donors (Lipinski definition) is 0. The molecule has 4 rings (SSSR count). The van der Waals surface area contributed by atoms with Gasteiger partial charge in [-0.3, -0.25) is 4.79 Å². The van der Waals surface area contributed by atoms with Crippen molar-refractivity contribution in [3.63, 3.8) is 0 Å². The van der Waals surface area contributed by atoms with Crippen molar-refractivity contribution < 1.29 is 9.18 Å². The van der Waals surface area contributed by atoms with Gasteiger partial charge in [0.05, 0.1) is 0 Å². The SMILES string of the molecule is CC(C)c1cccc([C@@H]2C[C@H]2C(=O)Cc2ccc3ccccc3c2F)c1. The normalized spacial score (nSPS) is 19.1. The highest BCUT2D eigenvalue weighted by Crippen LogP contribution is 2.49. The summed E-state index contributed by atoms with van der Waals surface area (Å²) in [7, 11) is 0. The quantitative estimate of drug-likeness (QED) is 0.552. The van der Waals surface area contributed by atoms with Gasteiger partial charge in [-0.25, -0.2) is 4.39 Å². The van der Waals surface area contributed by atoms with E-state index < -0.39 is 0 Å². The van der Waals surface area contributed by atoms with Gasteiger partial charge < -0.3 is 0 Å². The lowest BCUT2D eigenvalue weighted by Crippen LogP contribution is -2.08. The zero-order chi connectivity index (χ0) is 18.3. The van der Waals surface area contributed by atoms with Crippen molar-refractivity contribution in [2.75, 3.05) is 0 Å². The lowest BCUT2D eigenvalue weighted by Gasteiger charge is -2.08. The largest absolute Gasteiger partial charge is 0.299 e. The smallest absolute Gasteiger partial charge is 0.141 e. The van der Waals surface area contributed by atoms with Crippen molar-refractivity contribution in [3.8, 4) is 0 Å². The Labute approximate surface area is 153 Å². The van der Waals surface area contributed by atoms with Gasteiger partial charge in [-0.1, -0.05) is 74.5 Å².